The second-order valence-electron chi connectivity index (χ2n) is 9.73. The Kier molecular flexibility index (Phi) is 6.37. The van der Waals surface area contributed by atoms with E-state index in [4.69, 9.17) is 0 Å². The molecule has 1 aromatic carbocycles. The van der Waals surface area contributed by atoms with Gasteiger partial charge in [-0.25, -0.2) is 18.7 Å². The van der Waals surface area contributed by atoms with Crippen LogP contribution in [-0.4, -0.2) is 69.3 Å². The van der Waals surface area contributed by atoms with Gasteiger partial charge in [0, 0.05) is 75.0 Å². The number of likely N-dealkylation sites (tertiary alicyclic amines) is 1. The van der Waals surface area contributed by atoms with Crippen molar-refractivity contribution in [1.29, 1.82) is 0 Å². The number of aromatic nitrogens is 3. The van der Waals surface area contributed by atoms with Crippen LogP contribution in [0.3, 0.4) is 0 Å². The lowest BCUT2D eigenvalue weighted by molar-refractivity contribution is -0.131. The summed E-state index contributed by atoms with van der Waals surface area (Å²) in [5.41, 5.74) is 7.80. The largest absolute Gasteiger partial charge is 0.355 e. The van der Waals surface area contributed by atoms with Crippen LogP contribution in [0.4, 0.5) is 20.2 Å². The molecule has 0 radical (unpaired) electrons. The summed E-state index contributed by atoms with van der Waals surface area (Å²) >= 11 is 1.62. The van der Waals surface area contributed by atoms with Crippen molar-refractivity contribution in [2.24, 2.45) is 0 Å². The van der Waals surface area contributed by atoms with Crippen LogP contribution in [0.1, 0.15) is 31.4 Å². The number of nitrogens with one attached hydrogen (secondary N) is 2. The number of amides is 1. The molecule has 1 fully saturated rings. The lowest BCUT2D eigenvalue weighted by Crippen LogP contribution is -2.42. The standard InChI is InChI=1S/C27H28F2N6OS/c28-27(29)7-13-34(14-8-27)10-6-25(36)35-11-4-18(5-12-35)23-16-20-21(3-9-30-26(20)33-23)32-19-1-2-22-24(15-19)37-17-31-22/h1-4,9,15-17H,5-8,10-14H2,(H2,30,32,33). The summed E-state index contributed by atoms with van der Waals surface area (Å²) in [6, 6.07) is 10.2. The number of carbonyl (C=O) groups is 1. The smallest absolute Gasteiger partial charge is 0.250 e. The quantitative estimate of drug-likeness (QED) is 0.342. The number of fused-ring (bicyclic) bond motifs is 2. The molecule has 3 aromatic heterocycles. The molecule has 0 aliphatic carbocycles. The van der Waals surface area contributed by atoms with Gasteiger partial charge < -0.3 is 20.1 Å². The first-order valence-electron chi connectivity index (χ1n) is 12.6. The van der Waals surface area contributed by atoms with Gasteiger partial charge in [-0.1, -0.05) is 6.08 Å². The third-order valence-electron chi connectivity index (χ3n) is 7.28. The molecule has 0 bridgehead atoms. The number of piperidine rings is 1. The number of carbonyl (C=O) groups excluding carboxylic acids is 1. The van der Waals surface area contributed by atoms with Gasteiger partial charge in [0.05, 0.1) is 21.4 Å². The highest BCUT2D eigenvalue weighted by Gasteiger charge is 2.34. The second-order valence-corrected chi connectivity index (χ2v) is 10.6. The van der Waals surface area contributed by atoms with Gasteiger partial charge in [0.2, 0.25) is 5.91 Å². The Balaban J connectivity index is 1.10. The molecule has 4 aromatic rings. The fourth-order valence-electron chi connectivity index (χ4n) is 5.05. The molecular formula is C27H28F2N6OS. The van der Waals surface area contributed by atoms with Crippen LogP contribution in [0.2, 0.25) is 0 Å². The molecule has 2 aliphatic rings. The van der Waals surface area contributed by atoms with E-state index in [1.165, 1.54) is 0 Å². The zero-order valence-electron chi connectivity index (χ0n) is 20.3. The maximum atomic E-state index is 13.4. The van der Waals surface area contributed by atoms with Crippen molar-refractivity contribution in [2.75, 3.05) is 38.0 Å². The van der Waals surface area contributed by atoms with Crippen molar-refractivity contribution < 1.29 is 13.6 Å². The number of halogens is 2. The summed E-state index contributed by atoms with van der Waals surface area (Å²) in [5.74, 6) is -2.48. The summed E-state index contributed by atoms with van der Waals surface area (Å²) in [6.45, 7) is 2.45. The predicted molar refractivity (Wildman–Crippen MR) is 143 cm³/mol. The number of alkyl halides is 2. The molecule has 6 rings (SSSR count). The molecule has 7 nitrogen and oxygen atoms in total. The fourth-order valence-corrected chi connectivity index (χ4v) is 5.77. The van der Waals surface area contributed by atoms with Gasteiger partial charge in [0.15, 0.2) is 0 Å². The first kappa shape index (κ1) is 24.0. The zero-order valence-corrected chi connectivity index (χ0v) is 21.2. The topological polar surface area (TPSA) is 77.2 Å². The number of H-pyrrole nitrogens is 1. The van der Waals surface area contributed by atoms with Gasteiger partial charge in [-0.05, 0) is 42.3 Å². The Morgan fingerprint density at radius 3 is 2.81 bits per heavy atom. The third-order valence-corrected chi connectivity index (χ3v) is 8.07. The van der Waals surface area contributed by atoms with E-state index < -0.39 is 5.92 Å². The highest BCUT2D eigenvalue weighted by atomic mass is 32.1. The third kappa shape index (κ3) is 5.21. The lowest BCUT2D eigenvalue weighted by atomic mass is 10.0. The van der Waals surface area contributed by atoms with Crippen LogP contribution in [0.15, 0.2) is 48.1 Å². The molecule has 0 spiro atoms. The number of hydrogen-bond donors (Lipinski definition) is 2. The highest BCUT2D eigenvalue weighted by molar-refractivity contribution is 7.16. The van der Waals surface area contributed by atoms with Gasteiger partial charge in [0.25, 0.3) is 5.92 Å². The first-order valence-corrected chi connectivity index (χ1v) is 13.5. The van der Waals surface area contributed by atoms with Crippen LogP contribution >= 0.6 is 11.3 Å². The normalized spacial score (nSPS) is 18.3. The van der Waals surface area contributed by atoms with Crippen molar-refractivity contribution in [1.82, 2.24) is 24.8 Å². The minimum atomic E-state index is -2.56. The number of pyridine rings is 1. The minimum Gasteiger partial charge on any atom is -0.355 e. The molecular weight excluding hydrogens is 494 g/mol. The minimum absolute atomic E-state index is 0.0790. The van der Waals surface area contributed by atoms with E-state index in [0.29, 0.717) is 39.1 Å². The van der Waals surface area contributed by atoms with Crippen LogP contribution in [0.25, 0.3) is 26.8 Å². The first-order chi connectivity index (χ1) is 17.9. The monoisotopic (exact) mass is 522 g/mol. The Morgan fingerprint density at radius 1 is 1.14 bits per heavy atom. The van der Waals surface area contributed by atoms with E-state index in [0.717, 1.165) is 50.3 Å². The van der Waals surface area contributed by atoms with Crippen molar-refractivity contribution >= 4 is 55.4 Å². The van der Waals surface area contributed by atoms with E-state index in [-0.39, 0.29) is 18.7 Å². The summed E-state index contributed by atoms with van der Waals surface area (Å²) in [5, 5.41) is 4.52. The number of aromatic amines is 1. The lowest BCUT2D eigenvalue weighted by Gasteiger charge is -2.32. The summed E-state index contributed by atoms with van der Waals surface area (Å²) in [6.07, 6.45) is 4.77. The molecule has 37 heavy (non-hydrogen) atoms. The molecule has 1 amide bonds. The van der Waals surface area contributed by atoms with Gasteiger partial charge in [-0.2, -0.15) is 0 Å². The Morgan fingerprint density at radius 2 is 2.00 bits per heavy atom. The average molecular weight is 523 g/mol. The molecule has 192 valence electrons. The van der Waals surface area contributed by atoms with Gasteiger partial charge >= 0.3 is 0 Å². The molecule has 5 heterocycles. The number of anilines is 2. The second kappa shape index (κ2) is 9.83. The van der Waals surface area contributed by atoms with E-state index in [9.17, 15) is 13.6 Å². The number of thiazole rings is 1. The number of rotatable bonds is 6. The van der Waals surface area contributed by atoms with Gasteiger partial charge in [-0.3, -0.25) is 4.79 Å². The van der Waals surface area contributed by atoms with Crippen LogP contribution < -0.4 is 5.32 Å². The molecule has 0 saturated carbocycles. The maximum Gasteiger partial charge on any atom is 0.250 e. The average Bonchev–Trinajstić information content (AvgIpc) is 3.55. The van der Waals surface area contributed by atoms with E-state index >= 15 is 0 Å². The Hall–Kier alpha value is -3.37. The summed E-state index contributed by atoms with van der Waals surface area (Å²) < 4.78 is 27.8. The predicted octanol–water partition coefficient (Wildman–Crippen LogP) is 5.65. The van der Waals surface area contributed by atoms with Crippen molar-refractivity contribution in [3.05, 3.63) is 53.8 Å². The molecule has 2 N–H and O–H groups in total. The molecule has 1 saturated heterocycles. The van der Waals surface area contributed by atoms with E-state index in [2.05, 4.69) is 38.5 Å². The van der Waals surface area contributed by atoms with E-state index in [1.807, 2.05) is 33.5 Å². The molecule has 0 unspecified atom stereocenters. The summed E-state index contributed by atoms with van der Waals surface area (Å²) in [7, 11) is 0. The van der Waals surface area contributed by atoms with Crippen LogP contribution in [-0.2, 0) is 4.79 Å². The SMILES string of the molecule is O=C(CCN1CCC(F)(F)CC1)N1CC=C(c2cc3c(Nc4ccc5ncsc5c4)ccnc3[nH]2)CC1. The van der Waals surface area contributed by atoms with Crippen LogP contribution in [0, 0.1) is 0 Å². The number of benzene rings is 1. The zero-order chi connectivity index (χ0) is 25.4. The van der Waals surface area contributed by atoms with Gasteiger partial charge in [0.1, 0.15) is 5.65 Å². The van der Waals surface area contributed by atoms with Crippen molar-refractivity contribution in [3.63, 3.8) is 0 Å². The van der Waals surface area contributed by atoms with Crippen molar-refractivity contribution in [2.45, 2.75) is 31.6 Å². The number of nitrogens with zero attached hydrogens (tertiary/aromatic N) is 4. The number of hydrogen-bond acceptors (Lipinski definition) is 6. The fraction of sp³-hybridized carbons (Fsp3) is 0.370. The molecule has 2 aliphatic heterocycles. The van der Waals surface area contributed by atoms with Gasteiger partial charge in [-0.15, -0.1) is 11.3 Å². The molecule has 10 heteroatoms. The molecule has 0 atom stereocenters. The van der Waals surface area contributed by atoms with E-state index in [1.54, 1.807) is 17.5 Å². The highest BCUT2D eigenvalue weighted by Crippen LogP contribution is 2.32. The van der Waals surface area contributed by atoms with Crippen molar-refractivity contribution in [3.8, 4) is 0 Å². The summed E-state index contributed by atoms with van der Waals surface area (Å²) in [4.78, 5) is 28.8. The Labute approximate surface area is 217 Å². The Bertz CT molecular complexity index is 1470. The van der Waals surface area contributed by atoms with Crippen LogP contribution in [0.5, 0.6) is 0 Å². The maximum absolute atomic E-state index is 13.4.